The Labute approximate surface area is 222 Å². The van der Waals surface area contributed by atoms with Crippen molar-refractivity contribution in [3.05, 3.63) is 99.7 Å². The third-order valence-corrected chi connectivity index (χ3v) is 7.21. The van der Waals surface area contributed by atoms with Crippen LogP contribution in [0.2, 0.25) is 0 Å². The zero-order chi connectivity index (χ0) is 26.1. The quantitative estimate of drug-likeness (QED) is 0.174. The summed E-state index contributed by atoms with van der Waals surface area (Å²) >= 11 is 3.44. The molecule has 37 heavy (non-hydrogen) atoms. The van der Waals surface area contributed by atoms with E-state index in [-0.39, 0.29) is 17.9 Å². The van der Waals surface area contributed by atoms with Crippen LogP contribution in [0.25, 0.3) is 16.7 Å². The lowest BCUT2D eigenvalue weighted by molar-refractivity contribution is -0.139. The van der Waals surface area contributed by atoms with Gasteiger partial charge in [-0.1, -0.05) is 28.1 Å². The van der Waals surface area contributed by atoms with Gasteiger partial charge in [0.1, 0.15) is 17.3 Å². The molecule has 7 nitrogen and oxygen atoms in total. The fraction of sp³-hybridized carbons (Fsp3) is 0.172. The monoisotopic (exact) mass is 560 g/mol. The highest BCUT2D eigenvalue weighted by molar-refractivity contribution is 9.10. The minimum atomic E-state index is -0.727. The molecule has 8 heteroatoms. The first kappa shape index (κ1) is 24.6. The van der Waals surface area contributed by atoms with Gasteiger partial charge < -0.3 is 24.5 Å². The number of likely N-dealkylation sites (tertiary alicyclic amines) is 1. The average Bonchev–Trinajstić information content (AvgIpc) is 3.44. The molecule has 1 aliphatic heterocycles. The Kier molecular flexibility index (Phi) is 6.76. The molecule has 0 unspecified atom stereocenters. The number of fused-ring (bicyclic) bond motifs is 1. The molecule has 0 radical (unpaired) electrons. The van der Waals surface area contributed by atoms with Crippen molar-refractivity contribution >= 4 is 44.3 Å². The van der Waals surface area contributed by atoms with Crippen molar-refractivity contribution < 1.29 is 24.2 Å². The molecule has 1 aromatic heterocycles. The smallest absolute Gasteiger partial charge is 0.295 e. The van der Waals surface area contributed by atoms with E-state index in [2.05, 4.69) is 20.9 Å². The van der Waals surface area contributed by atoms with E-state index in [1.807, 2.05) is 48.7 Å². The molecule has 0 spiro atoms. The second kappa shape index (κ2) is 10.1. The van der Waals surface area contributed by atoms with Crippen LogP contribution in [-0.4, -0.2) is 47.4 Å². The summed E-state index contributed by atoms with van der Waals surface area (Å²) in [5.41, 5.74) is 3.20. The normalized spacial score (nSPS) is 16.9. The first-order valence-electron chi connectivity index (χ1n) is 11.7. The number of hydrogen-bond acceptors (Lipinski definition) is 5. The number of ether oxygens (including phenoxy) is 2. The van der Waals surface area contributed by atoms with Crippen LogP contribution in [-0.2, 0) is 16.0 Å². The zero-order valence-corrected chi connectivity index (χ0v) is 21.9. The van der Waals surface area contributed by atoms with Crippen LogP contribution in [0.1, 0.15) is 22.7 Å². The number of hydrogen-bond donors (Lipinski definition) is 2. The molecule has 2 heterocycles. The van der Waals surface area contributed by atoms with Crippen LogP contribution in [0.3, 0.4) is 0 Å². The summed E-state index contributed by atoms with van der Waals surface area (Å²) in [6, 6.07) is 19.2. The van der Waals surface area contributed by atoms with Crippen LogP contribution in [0.15, 0.2) is 83.0 Å². The molecule has 3 aromatic carbocycles. The number of nitrogens with zero attached hydrogens (tertiary/aromatic N) is 1. The fourth-order valence-corrected chi connectivity index (χ4v) is 5.00. The number of aliphatic hydroxyl groups excluding tert-OH is 1. The van der Waals surface area contributed by atoms with Gasteiger partial charge in [0, 0.05) is 33.7 Å². The van der Waals surface area contributed by atoms with E-state index in [9.17, 15) is 14.7 Å². The first-order chi connectivity index (χ1) is 17.9. The summed E-state index contributed by atoms with van der Waals surface area (Å²) in [6.45, 7) is 0.287. The number of aliphatic hydroxyl groups is 1. The number of H-pyrrole nitrogens is 1. The third-order valence-electron chi connectivity index (χ3n) is 6.69. The number of amides is 1. The van der Waals surface area contributed by atoms with Crippen LogP contribution < -0.4 is 9.47 Å². The van der Waals surface area contributed by atoms with Crippen LogP contribution in [0.5, 0.6) is 11.5 Å². The molecule has 2 N–H and O–H groups in total. The standard InChI is InChI=1S/C29H25BrN2O5/c1-36-21-9-5-18(6-10-21)27(33)25-26(17-3-7-20(30)8-4-17)32(29(35)28(25)34)14-13-19-16-31-24-12-11-22(37-2)15-23(19)24/h3-12,15-16,26,31,33H,13-14H2,1-2H3/t26-/m0/s1. The lowest BCUT2D eigenvalue weighted by atomic mass is 9.95. The van der Waals surface area contributed by atoms with Crippen molar-refractivity contribution in [2.75, 3.05) is 20.8 Å². The van der Waals surface area contributed by atoms with Crippen molar-refractivity contribution in [3.63, 3.8) is 0 Å². The molecule has 1 saturated heterocycles. The molecule has 1 fully saturated rings. The van der Waals surface area contributed by atoms with Gasteiger partial charge in [0.25, 0.3) is 11.7 Å². The molecule has 1 atom stereocenters. The fourth-order valence-electron chi connectivity index (χ4n) is 4.74. The third kappa shape index (κ3) is 4.60. The summed E-state index contributed by atoms with van der Waals surface area (Å²) in [6.07, 6.45) is 2.42. The zero-order valence-electron chi connectivity index (χ0n) is 20.3. The Bertz CT molecular complexity index is 1510. The maximum Gasteiger partial charge on any atom is 0.295 e. The van der Waals surface area contributed by atoms with Gasteiger partial charge in [-0.15, -0.1) is 0 Å². The number of nitrogens with one attached hydrogen (secondary N) is 1. The summed E-state index contributed by atoms with van der Waals surface area (Å²) in [5.74, 6) is -0.199. The second-order valence-electron chi connectivity index (χ2n) is 8.75. The summed E-state index contributed by atoms with van der Waals surface area (Å²) in [4.78, 5) is 31.4. The molecular formula is C29H25BrN2O5. The van der Waals surface area contributed by atoms with E-state index in [1.165, 1.54) is 0 Å². The number of carbonyl (C=O) groups excluding carboxylic acids is 2. The molecule has 0 bridgehead atoms. The van der Waals surface area contributed by atoms with Crippen LogP contribution in [0.4, 0.5) is 0 Å². The average molecular weight is 561 g/mol. The van der Waals surface area contributed by atoms with Crippen molar-refractivity contribution in [1.82, 2.24) is 9.88 Å². The van der Waals surface area contributed by atoms with Gasteiger partial charge >= 0.3 is 0 Å². The maximum absolute atomic E-state index is 13.3. The van der Waals surface area contributed by atoms with Gasteiger partial charge in [0.05, 0.1) is 25.8 Å². The molecular weight excluding hydrogens is 536 g/mol. The molecule has 0 aliphatic carbocycles. The Morgan fingerprint density at radius 2 is 1.65 bits per heavy atom. The van der Waals surface area contributed by atoms with Crippen molar-refractivity contribution in [1.29, 1.82) is 0 Å². The van der Waals surface area contributed by atoms with Crippen LogP contribution >= 0.6 is 15.9 Å². The Morgan fingerprint density at radius 3 is 2.32 bits per heavy atom. The molecule has 0 saturated carbocycles. The largest absolute Gasteiger partial charge is 0.507 e. The molecule has 1 amide bonds. The van der Waals surface area contributed by atoms with E-state index in [0.29, 0.717) is 17.7 Å². The summed E-state index contributed by atoms with van der Waals surface area (Å²) < 4.78 is 11.4. The SMILES string of the molecule is COc1ccc(C(O)=C2C(=O)C(=O)N(CCc3c[nH]c4ccc(OC)cc34)[C@H]2c2ccc(Br)cc2)cc1. The minimum Gasteiger partial charge on any atom is -0.507 e. The lowest BCUT2D eigenvalue weighted by Crippen LogP contribution is -2.31. The number of carbonyl (C=O) groups is 2. The topological polar surface area (TPSA) is 91.9 Å². The van der Waals surface area contributed by atoms with Gasteiger partial charge in [-0.3, -0.25) is 9.59 Å². The highest BCUT2D eigenvalue weighted by Crippen LogP contribution is 2.40. The number of aromatic amines is 1. The van der Waals surface area contributed by atoms with Gasteiger partial charge in [-0.2, -0.15) is 0 Å². The van der Waals surface area contributed by atoms with Crippen LogP contribution in [0, 0.1) is 0 Å². The van der Waals surface area contributed by atoms with Gasteiger partial charge in [0.15, 0.2) is 0 Å². The van der Waals surface area contributed by atoms with Crippen molar-refractivity contribution in [2.45, 2.75) is 12.5 Å². The Balaban J connectivity index is 1.54. The predicted molar refractivity (Wildman–Crippen MR) is 145 cm³/mol. The minimum absolute atomic E-state index is 0.0677. The predicted octanol–water partition coefficient (Wildman–Crippen LogP) is 5.61. The molecule has 188 valence electrons. The summed E-state index contributed by atoms with van der Waals surface area (Å²) in [7, 11) is 3.17. The number of ketones is 1. The Hall–Kier alpha value is -4.04. The Morgan fingerprint density at radius 1 is 0.973 bits per heavy atom. The van der Waals surface area contributed by atoms with E-state index in [0.717, 1.165) is 32.3 Å². The van der Waals surface area contributed by atoms with E-state index in [4.69, 9.17) is 9.47 Å². The number of Topliss-reactive ketones (excluding diaryl/α,β-unsaturated/α-hetero) is 1. The molecule has 4 aromatic rings. The van der Waals surface area contributed by atoms with E-state index in [1.54, 1.807) is 43.4 Å². The second-order valence-corrected chi connectivity index (χ2v) is 9.66. The van der Waals surface area contributed by atoms with Gasteiger partial charge in [-0.25, -0.2) is 0 Å². The summed E-state index contributed by atoms with van der Waals surface area (Å²) in [5, 5.41) is 12.2. The highest BCUT2D eigenvalue weighted by atomic mass is 79.9. The van der Waals surface area contributed by atoms with Gasteiger partial charge in [0.2, 0.25) is 0 Å². The number of benzene rings is 3. The number of halogens is 1. The maximum atomic E-state index is 13.3. The number of aromatic nitrogens is 1. The highest BCUT2D eigenvalue weighted by Gasteiger charge is 2.45. The number of methoxy groups -OCH3 is 2. The first-order valence-corrected chi connectivity index (χ1v) is 12.5. The molecule has 1 aliphatic rings. The lowest BCUT2D eigenvalue weighted by Gasteiger charge is -2.25. The molecule has 5 rings (SSSR count). The van der Waals surface area contributed by atoms with E-state index < -0.39 is 17.7 Å². The number of rotatable bonds is 7. The van der Waals surface area contributed by atoms with Crippen molar-refractivity contribution in [2.24, 2.45) is 0 Å². The van der Waals surface area contributed by atoms with Crippen molar-refractivity contribution in [3.8, 4) is 11.5 Å². The van der Waals surface area contributed by atoms with Gasteiger partial charge in [-0.05, 0) is 72.1 Å². The van der Waals surface area contributed by atoms with E-state index >= 15 is 0 Å².